The first-order valence-corrected chi connectivity index (χ1v) is 8.33. The number of carbonyl (C=O) groups is 2. The Morgan fingerprint density at radius 3 is 2.04 bits per heavy atom. The molecule has 1 aromatic rings. The minimum Gasteiger partial charge on any atom is -0.378 e. The lowest BCUT2D eigenvalue weighted by Crippen LogP contribution is -2.22. The first kappa shape index (κ1) is 21.0. The number of ketones is 1. The summed E-state index contributed by atoms with van der Waals surface area (Å²) in [5.74, 6) is -1.76. The van der Waals surface area contributed by atoms with Crippen molar-refractivity contribution in [1.82, 2.24) is 5.32 Å². The van der Waals surface area contributed by atoms with Gasteiger partial charge in [-0.05, 0) is 30.5 Å². The Bertz CT molecular complexity index is 554. The number of hydrogen-bond donors (Lipinski definition) is 1. The number of benzene rings is 1. The third-order valence-corrected chi connectivity index (χ3v) is 3.82. The molecule has 4 nitrogen and oxygen atoms in total. The van der Waals surface area contributed by atoms with Crippen LogP contribution in [0.1, 0.15) is 44.1 Å². The van der Waals surface area contributed by atoms with Crippen molar-refractivity contribution >= 4 is 17.4 Å². The predicted octanol–water partition coefficient (Wildman–Crippen LogP) is 3.84. The summed E-state index contributed by atoms with van der Waals surface area (Å²) in [6.07, 6.45) is -2.91. The first-order chi connectivity index (χ1) is 11.7. The first-order valence-electron chi connectivity index (χ1n) is 8.33. The van der Waals surface area contributed by atoms with Gasteiger partial charge in [0.15, 0.2) is 0 Å². The van der Waals surface area contributed by atoms with Gasteiger partial charge in [-0.3, -0.25) is 9.59 Å². The number of nitrogens with zero attached hydrogens (tertiary/aromatic N) is 1. The number of halogens is 3. The summed E-state index contributed by atoms with van der Waals surface area (Å²) >= 11 is 0. The molecule has 0 radical (unpaired) electrons. The number of nitrogens with one attached hydrogen (secondary N) is 1. The monoisotopic (exact) mass is 358 g/mol. The molecule has 0 aromatic heterocycles. The highest BCUT2D eigenvalue weighted by Crippen LogP contribution is 2.19. The fraction of sp³-hybridized carbons (Fsp3) is 0.556. The van der Waals surface area contributed by atoms with Gasteiger partial charge in [0.2, 0.25) is 11.7 Å². The van der Waals surface area contributed by atoms with E-state index in [0.29, 0.717) is 32.2 Å². The molecule has 1 rings (SSSR count). The molecule has 0 heterocycles. The number of alkyl halides is 3. The smallest absolute Gasteiger partial charge is 0.378 e. The van der Waals surface area contributed by atoms with E-state index in [-0.39, 0.29) is 12.3 Å². The Morgan fingerprint density at radius 1 is 0.960 bits per heavy atom. The van der Waals surface area contributed by atoms with Crippen LogP contribution in [0.15, 0.2) is 24.3 Å². The average molecular weight is 358 g/mol. The van der Waals surface area contributed by atoms with E-state index < -0.39 is 18.4 Å². The van der Waals surface area contributed by atoms with Gasteiger partial charge >= 0.3 is 6.18 Å². The summed E-state index contributed by atoms with van der Waals surface area (Å²) in [6.45, 7) is 0.451. The maximum absolute atomic E-state index is 12.0. The van der Waals surface area contributed by atoms with Gasteiger partial charge in [-0.1, -0.05) is 25.0 Å². The third kappa shape index (κ3) is 8.56. The van der Waals surface area contributed by atoms with E-state index in [1.807, 2.05) is 43.3 Å². The van der Waals surface area contributed by atoms with Crippen LogP contribution in [0.2, 0.25) is 0 Å². The Labute approximate surface area is 146 Å². The number of anilines is 1. The second-order valence-electron chi connectivity index (χ2n) is 6.17. The van der Waals surface area contributed by atoms with Crippen molar-refractivity contribution in [2.45, 2.75) is 51.2 Å². The predicted molar refractivity (Wildman–Crippen MR) is 91.4 cm³/mol. The van der Waals surface area contributed by atoms with Gasteiger partial charge in [-0.25, -0.2) is 0 Å². The Morgan fingerprint density at radius 2 is 1.52 bits per heavy atom. The second kappa shape index (κ2) is 10.1. The summed E-state index contributed by atoms with van der Waals surface area (Å²) < 4.78 is 36.0. The van der Waals surface area contributed by atoms with Crippen molar-refractivity contribution in [2.75, 3.05) is 19.0 Å². The van der Waals surface area contributed by atoms with Gasteiger partial charge < -0.3 is 10.2 Å². The van der Waals surface area contributed by atoms with E-state index in [2.05, 4.69) is 5.32 Å². The standard InChI is InChI=1S/C18H25F3N2O2/c1-23(2)15-11-9-14(10-12-15)13-22-17(25)8-6-4-3-5-7-16(24)18(19,20)21/h9-12H,3-8,13H2,1-2H3,(H,22,25). The van der Waals surface area contributed by atoms with Gasteiger partial charge in [-0.2, -0.15) is 13.2 Å². The summed E-state index contributed by atoms with van der Waals surface area (Å²) in [5.41, 5.74) is 2.09. The molecule has 7 heteroatoms. The molecule has 0 atom stereocenters. The highest BCUT2D eigenvalue weighted by molar-refractivity contribution is 5.83. The van der Waals surface area contributed by atoms with Crippen LogP contribution in [-0.2, 0) is 16.1 Å². The summed E-state index contributed by atoms with van der Waals surface area (Å²) in [6, 6.07) is 7.86. The molecule has 1 amide bonds. The fourth-order valence-electron chi connectivity index (χ4n) is 2.27. The number of Topliss-reactive ketones (excluding diaryl/α,β-unsaturated/α-hetero) is 1. The molecule has 1 N–H and O–H groups in total. The van der Waals surface area contributed by atoms with Crippen LogP contribution >= 0.6 is 0 Å². The zero-order valence-electron chi connectivity index (χ0n) is 14.7. The van der Waals surface area contributed by atoms with Gasteiger partial charge in [0, 0.05) is 39.2 Å². The van der Waals surface area contributed by atoms with E-state index in [1.54, 1.807) is 0 Å². The molecule has 0 saturated carbocycles. The molecule has 0 spiro atoms. The lowest BCUT2D eigenvalue weighted by Gasteiger charge is -2.13. The number of hydrogen-bond acceptors (Lipinski definition) is 3. The van der Waals surface area contributed by atoms with E-state index in [9.17, 15) is 22.8 Å². The van der Waals surface area contributed by atoms with Crippen molar-refractivity contribution in [3.8, 4) is 0 Å². The van der Waals surface area contributed by atoms with E-state index in [1.165, 1.54) is 0 Å². The number of amides is 1. The van der Waals surface area contributed by atoms with E-state index >= 15 is 0 Å². The Hall–Kier alpha value is -2.05. The molecule has 0 fully saturated rings. The van der Waals surface area contributed by atoms with Gasteiger partial charge in [-0.15, -0.1) is 0 Å². The van der Waals surface area contributed by atoms with Crippen LogP contribution in [0, 0.1) is 0 Å². The molecule has 0 unspecified atom stereocenters. The lowest BCUT2D eigenvalue weighted by atomic mass is 10.1. The largest absolute Gasteiger partial charge is 0.449 e. The van der Waals surface area contributed by atoms with Gasteiger partial charge in [0.1, 0.15) is 0 Å². The van der Waals surface area contributed by atoms with Gasteiger partial charge in [0.25, 0.3) is 0 Å². The van der Waals surface area contributed by atoms with Crippen molar-refractivity contribution in [3.05, 3.63) is 29.8 Å². The Balaban J connectivity index is 2.12. The number of rotatable bonds is 10. The average Bonchev–Trinajstić information content (AvgIpc) is 2.55. The van der Waals surface area contributed by atoms with Crippen LogP contribution in [0.4, 0.5) is 18.9 Å². The molecule has 0 bridgehead atoms. The molecule has 0 saturated heterocycles. The van der Waals surface area contributed by atoms with E-state index in [0.717, 1.165) is 11.3 Å². The zero-order chi connectivity index (χ0) is 18.9. The van der Waals surface area contributed by atoms with Crippen LogP contribution in [0.25, 0.3) is 0 Å². The zero-order valence-corrected chi connectivity index (χ0v) is 14.7. The van der Waals surface area contributed by atoms with Crippen LogP contribution in [0.5, 0.6) is 0 Å². The maximum atomic E-state index is 12.0. The van der Waals surface area contributed by atoms with Crippen molar-refractivity contribution < 1.29 is 22.8 Å². The second-order valence-corrected chi connectivity index (χ2v) is 6.17. The molecule has 0 aliphatic rings. The number of unbranched alkanes of at least 4 members (excludes halogenated alkanes) is 3. The van der Waals surface area contributed by atoms with Crippen LogP contribution < -0.4 is 10.2 Å². The third-order valence-electron chi connectivity index (χ3n) is 3.82. The van der Waals surface area contributed by atoms with E-state index in [4.69, 9.17) is 0 Å². The number of carbonyl (C=O) groups excluding carboxylic acids is 2. The maximum Gasteiger partial charge on any atom is 0.449 e. The molecule has 25 heavy (non-hydrogen) atoms. The van der Waals surface area contributed by atoms with Crippen molar-refractivity contribution in [3.63, 3.8) is 0 Å². The van der Waals surface area contributed by atoms with Crippen LogP contribution in [0.3, 0.4) is 0 Å². The quantitative estimate of drug-likeness (QED) is 0.647. The summed E-state index contributed by atoms with van der Waals surface area (Å²) in [5, 5.41) is 2.82. The molecule has 0 aliphatic carbocycles. The highest BCUT2D eigenvalue weighted by Gasteiger charge is 2.36. The molecular weight excluding hydrogens is 333 g/mol. The highest BCUT2D eigenvalue weighted by atomic mass is 19.4. The molecular formula is C18H25F3N2O2. The molecule has 0 aliphatic heterocycles. The molecule has 1 aromatic carbocycles. The Kier molecular flexibility index (Phi) is 8.45. The van der Waals surface area contributed by atoms with Crippen LogP contribution in [-0.4, -0.2) is 32.0 Å². The lowest BCUT2D eigenvalue weighted by molar-refractivity contribution is -0.171. The topological polar surface area (TPSA) is 49.4 Å². The van der Waals surface area contributed by atoms with Gasteiger partial charge in [0.05, 0.1) is 0 Å². The normalized spacial score (nSPS) is 11.2. The SMILES string of the molecule is CN(C)c1ccc(CNC(=O)CCCCCCC(=O)C(F)(F)F)cc1. The van der Waals surface area contributed by atoms with Crippen molar-refractivity contribution in [2.24, 2.45) is 0 Å². The summed E-state index contributed by atoms with van der Waals surface area (Å²) in [4.78, 5) is 24.4. The minimum absolute atomic E-state index is 0.0805. The fourth-order valence-corrected chi connectivity index (χ4v) is 2.27. The molecule has 140 valence electrons. The minimum atomic E-state index is -4.73. The van der Waals surface area contributed by atoms with Crippen molar-refractivity contribution in [1.29, 1.82) is 0 Å². The summed E-state index contributed by atoms with van der Waals surface area (Å²) in [7, 11) is 3.91.